The van der Waals surface area contributed by atoms with E-state index < -0.39 is 0 Å². The van der Waals surface area contributed by atoms with Crippen molar-refractivity contribution in [3.05, 3.63) is 29.5 Å². The lowest BCUT2D eigenvalue weighted by Crippen LogP contribution is -2.59. The van der Waals surface area contributed by atoms with Crippen LogP contribution in [-0.2, 0) is 13.1 Å². The summed E-state index contributed by atoms with van der Waals surface area (Å²) in [4.78, 5) is 17.8. The van der Waals surface area contributed by atoms with Crippen LogP contribution in [0.25, 0.3) is 10.9 Å². The van der Waals surface area contributed by atoms with Gasteiger partial charge >= 0.3 is 0 Å². The van der Waals surface area contributed by atoms with Gasteiger partial charge in [0, 0.05) is 24.5 Å². The lowest BCUT2D eigenvalue weighted by molar-refractivity contribution is 0.00362. The second-order valence-electron chi connectivity index (χ2n) is 7.10. The van der Waals surface area contributed by atoms with Crippen LogP contribution in [0.2, 0.25) is 0 Å². The monoisotopic (exact) mass is 346 g/mol. The zero-order chi connectivity index (χ0) is 15.6. The van der Waals surface area contributed by atoms with Gasteiger partial charge < -0.3 is 9.80 Å². The number of carbonyl (C=O) groups excluding carboxylic acids is 1. The standard InChI is InChI=1S/C18H22N4O.ClH/c1-2-22-15-5-3-4-13-17(15)14(19-22)10-21(18(13)23)16-11-20-8-6-12(16)7-9-20;/h3-5,12,16H,2,6-11H2,1H3;1H/t16-;/m0./s1. The normalized spacial score (nSPS) is 28.3. The van der Waals surface area contributed by atoms with Gasteiger partial charge in [0.05, 0.1) is 23.3 Å². The molecule has 5 nitrogen and oxygen atoms in total. The molecule has 2 bridgehead atoms. The molecule has 4 aliphatic rings. The number of rotatable bonds is 2. The zero-order valence-electron chi connectivity index (χ0n) is 13.9. The Morgan fingerprint density at radius 1 is 1.25 bits per heavy atom. The fourth-order valence-electron chi connectivity index (χ4n) is 4.78. The molecule has 0 unspecified atom stereocenters. The Morgan fingerprint density at radius 2 is 2.04 bits per heavy atom. The molecule has 0 N–H and O–H groups in total. The van der Waals surface area contributed by atoms with Gasteiger partial charge in [0.1, 0.15) is 0 Å². The number of piperidine rings is 3. The van der Waals surface area contributed by atoms with Crippen LogP contribution in [0.3, 0.4) is 0 Å². The maximum absolute atomic E-state index is 13.1. The van der Waals surface area contributed by atoms with Gasteiger partial charge in [-0.1, -0.05) is 6.07 Å². The molecule has 0 saturated carbocycles. The maximum Gasteiger partial charge on any atom is 0.255 e. The Labute approximate surface area is 148 Å². The van der Waals surface area contributed by atoms with Gasteiger partial charge in [-0.3, -0.25) is 9.48 Å². The molecule has 2 aromatic rings. The van der Waals surface area contributed by atoms with Gasteiger partial charge in [0.25, 0.3) is 5.91 Å². The van der Waals surface area contributed by atoms with E-state index in [4.69, 9.17) is 5.10 Å². The van der Waals surface area contributed by atoms with E-state index in [0.29, 0.717) is 18.5 Å². The highest BCUT2D eigenvalue weighted by Crippen LogP contribution is 2.36. The summed E-state index contributed by atoms with van der Waals surface area (Å²) in [5.41, 5.74) is 3.02. The smallest absolute Gasteiger partial charge is 0.255 e. The van der Waals surface area contributed by atoms with Crippen molar-refractivity contribution in [2.75, 3.05) is 19.6 Å². The van der Waals surface area contributed by atoms with E-state index in [1.807, 2.05) is 16.8 Å². The molecule has 5 heterocycles. The van der Waals surface area contributed by atoms with E-state index in [1.165, 1.54) is 25.9 Å². The third-order valence-electron chi connectivity index (χ3n) is 5.98. The van der Waals surface area contributed by atoms with Gasteiger partial charge in [-0.25, -0.2) is 0 Å². The minimum absolute atomic E-state index is 0. The van der Waals surface area contributed by atoms with E-state index in [0.717, 1.165) is 35.2 Å². The molecule has 128 valence electrons. The summed E-state index contributed by atoms with van der Waals surface area (Å²) in [5.74, 6) is 0.871. The molecular formula is C18H23ClN4O. The van der Waals surface area contributed by atoms with Crippen molar-refractivity contribution < 1.29 is 4.79 Å². The van der Waals surface area contributed by atoms with Crippen molar-refractivity contribution in [1.82, 2.24) is 19.6 Å². The largest absolute Gasteiger partial charge is 0.328 e. The molecule has 24 heavy (non-hydrogen) atoms. The van der Waals surface area contributed by atoms with E-state index in [2.05, 4.69) is 22.8 Å². The van der Waals surface area contributed by atoms with Crippen LogP contribution in [0.1, 0.15) is 35.8 Å². The summed E-state index contributed by atoms with van der Waals surface area (Å²) in [6.45, 7) is 7.06. The molecule has 1 aromatic carbocycles. The molecular weight excluding hydrogens is 324 g/mol. The number of fused-ring (bicyclic) bond motifs is 3. The molecule has 6 rings (SSSR count). The number of hydrogen-bond acceptors (Lipinski definition) is 3. The first-order valence-corrected chi connectivity index (χ1v) is 8.78. The number of aromatic nitrogens is 2. The molecule has 3 fully saturated rings. The molecule has 0 spiro atoms. The van der Waals surface area contributed by atoms with Crippen molar-refractivity contribution in [2.24, 2.45) is 5.92 Å². The summed E-state index contributed by atoms with van der Waals surface area (Å²) >= 11 is 0. The Hall–Kier alpha value is -1.59. The number of benzene rings is 1. The summed E-state index contributed by atoms with van der Waals surface area (Å²) < 4.78 is 2.03. The molecule has 1 aromatic heterocycles. The van der Waals surface area contributed by atoms with Crippen molar-refractivity contribution in [3.63, 3.8) is 0 Å². The highest BCUT2D eigenvalue weighted by molar-refractivity contribution is 6.09. The Balaban J connectivity index is 0.00000146. The van der Waals surface area contributed by atoms with Crippen LogP contribution < -0.4 is 0 Å². The average molecular weight is 347 g/mol. The van der Waals surface area contributed by atoms with E-state index in [-0.39, 0.29) is 18.3 Å². The summed E-state index contributed by atoms with van der Waals surface area (Å²) in [6.07, 6.45) is 2.46. The number of hydrogen-bond donors (Lipinski definition) is 0. The van der Waals surface area contributed by atoms with Crippen molar-refractivity contribution in [3.8, 4) is 0 Å². The fraction of sp³-hybridized carbons (Fsp3) is 0.556. The highest BCUT2D eigenvalue weighted by Gasteiger charge is 2.42. The van der Waals surface area contributed by atoms with Crippen LogP contribution in [0.4, 0.5) is 0 Å². The van der Waals surface area contributed by atoms with Gasteiger partial charge in [-0.05, 0) is 50.9 Å². The van der Waals surface area contributed by atoms with Crippen LogP contribution in [0.15, 0.2) is 18.2 Å². The number of amides is 1. The summed E-state index contributed by atoms with van der Waals surface area (Å²) in [7, 11) is 0. The minimum atomic E-state index is 0. The lowest BCUT2D eigenvalue weighted by Gasteiger charge is -2.49. The first-order valence-electron chi connectivity index (χ1n) is 8.78. The number of halogens is 1. The van der Waals surface area contributed by atoms with Crippen molar-refractivity contribution >= 4 is 29.2 Å². The highest BCUT2D eigenvalue weighted by atomic mass is 35.5. The van der Waals surface area contributed by atoms with Gasteiger partial charge in [0.2, 0.25) is 0 Å². The second kappa shape index (κ2) is 5.74. The van der Waals surface area contributed by atoms with Crippen molar-refractivity contribution in [1.29, 1.82) is 0 Å². The Morgan fingerprint density at radius 3 is 2.71 bits per heavy atom. The number of aryl methyl sites for hydroxylation is 1. The van der Waals surface area contributed by atoms with Crippen LogP contribution >= 0.6 is 12.4 Å². The Bertz CT molecular complexity index is 794. The van der Waals surface area contributed by atoms with Gasteiger partial charge in [-0.15, -0.1) is 12.4 Å². The predicted molar refractivity (Wildman–Crippen MR) is 95.5 cm³/mol. The predicted octanol–water partition coefficient (Wildman–Crippen LogP) is 2.53. The van der Waals surface area contributed by atoms with E-state index >= 15 is 0 Å². The number of carbonyl (C=O) groups is 1. The molecule has 1 amide bonds. The van der Waals surface area contributed by atoms with Crippen LogP contribution in [-0.4, -0.2) is 51.2 Å². The molecule has 0 radical (unpaired) electrons. The first-order chi connectivity index (χ1) is 11.3. The van der Waals surface area contributed by atoms with Crippen LogP contribution in [0.5, 0.6) is 0 Å². The lowest BCUT2D eigenvalue weighted by atomic mass is 9.82. The van der Waals surface area contributed by atoms with E-state index in [1.54, 1.807) is 0 Å². The second-order valence-corrected chi connectivity index (χ2v) is 7.10. The molecule has 4 aliphatic heterocycles. The van der Waals surface area contributed by atoms with Gasteiger partial charge in [-0.2, -0.15) is 5.10 Å². The molecule has 3 saturated heterocycles. The minimum Gasteiger partial charge on any atom is -0.328 e. The average Bonchev–Trinajstić information content (AvgIpc) is 2.98. The first kappa shape index (κ1) is 15.9. The fourth-order valence-corrected chi connectivity index (χ4v) is 4.78. The van der Waals surface area contributed by atoms with Crippen molar-refractivity contribution in [2.45, 2.75) is 38.9 Å². The SMILES string of the molecule is CCn1nc2c3c(cccc31)C(=O)N([C@H]1CN3CCC1CC3)C2.Cl. The quantitative estimate of drug-likeness (QED) is 0.839. The zero-order valence-corrected chi connectivity index (χ0v) is 14.8. The maximum atomic E-state index is 13.1. The topological polar surface area (TPSA) is 41.4 Å². The van der Waals surface area contributed by atoms with E-state index in [9.17, 15) is 4.79 Å². The third-order valence-corrected chi connectivity index (χ3v) is 5.98. The van der Waals surface area contributed by atoms with Gasteiger partial charge in [0.15, 0.2) is 0 Å². The van der Waals surface area contributed by atoms with Crippen LogP contribution in [0, 0.1) is 5.92 Å². The molecule has 0 aliphatic carbocycles. The summed E-state index contributed by atoms with van der Waals surface area (Å²) in [5, 5.41) is 5.87. The molecule has 6 heteroatoms. The number of nitrogens with zero attached hydrogens (tertiary/aromatic N) is 4. The Kier molecular flexibility index (Phi) is 3.81. The third kappa shape index (κ3) is 2.11. The summed E-state index contributed by atoms with van der Waals surface area (Å²) in [6, 6.07) is 6.41. The molecule has 1 atom stereocenters.